The SMILES string of the molecule is CC(C)NCC1CCCCN1S(=O)(=O)NC1CCCC1C. The van der Waals surface area contributed by atoms with E-state index in [2.05, 4.69) is 30.8 Å². The van der Waals surface area contributed by atoms with E-state index in [0.717, 1.165) is 45.1 Å². The van der Waals surface area contributed by atoms with Gasteiger partial charge in [-0.15, -0.1) is 0 Å². The zero-order chi connectivity index (χ0) is 15.5. The summed E-state index contributed by atoms with van der Waals surface area (Å²) >= 11 is 0. The standard InChI is InChI=1S/C15H31N3O2S/c1-12(2)16-11-14-8-4-5-10-18(14)21(19,20)17-15-9-6-7-13(15)3/h12-17H,4-11H2,1-3H3. The Morgan fingerprint density at radius 2 is 1.90 bits per heavy atom. The lowest BCUT2D eigenvalue weighted by molar-refractivity contribution is 0.237. The van der Waals surface area contributed by atoms with Crippen molar-refractivity contribution in [3.05, 3.63) is 0 Å². The van der Waals surface area contributed by atoms with Crippen molar-refractivity contribution >= 4 is 10.2 Å². The third kappa shape index (κ3) is 4.65. The summed E-state index contributed by atoms with van der Waals surface area (Å²) < 4.78 is 30.1. The van der Waals surface area contributed by atoms with Gasteiger partial charge in [0.2, 0.25) is 0 Å². The Bertz CT molecular complexity index is 425. The van der Waals surface area contributed by atoms with Crippen molar-refractivity contribution < 1.29 is 8.42 Å². The van der Waals surface area contributed by atoms with Crippen LogP contribution in [0.1, 0.15) is 59.3 Å². The number of rotatable bonds is 6. The first-order chi connectivity index (χ1) is 9.90. The van der Waals surface area contributed by atoms with Crippen molar-refractivity contribution in [3.8, 4) is 0 Å². The maximum Gasteiger partial charge on any atom is 0.280 e. The van der Waals surface area contributed by atoms with Crippen LogP contribution in [0.2, 0.25) is 0 Å². The van der Waals surface area contributed by atoms with Crippen LogP contribution in [0.4, 0.5) is 0 Å². The van der Waals surface area contributed by atoms with Crippen molar-refractivity contribution in [3.63, 3.8) is 0 Å². The van der Waals surface area contributed by atoms with Gasteiger partial charge in [-0.25, -0.2) is 0 Å². The highest BCUT2D eigenvalue weighted by atomic mass is 32.2. The molecule has 6 heteroatoms. The molecule has 2 rings (SSSR count). The molecule has 3 atom stereocenters. The third-order valence-corrected chi connectivity index (χ3v) is 6.50. The summed E-state index contributed by atoms with van der Waals surface area (Å²) in [5.74, 6) is 0.455. The average molecular weight is 317 g/mol. The predicted molar refractivity (Wildman–Crippen MR) is 86.3 cm³/mol. The van der Waals surface area contributed by atoms with Crippen LogP contribution < -0.4 is 10.0 Å². The average Bonchev–Trinajstić information content (AvgIpc) is 2.81. The zero-order valence-electron chi connectivity index (χ0n) is 13.6. The minimum atomic E-state index is -3.35. The van der Waals surface area contributed by atoms with E-state index in [0.29, 0.717) is 18.5 Å². The molecule has 1 aliphatic carbocycles. The molecule has 21 heavy (non-hydrogen) atoms. The molecule has 5 nitrogen and oxygen atoms in total. The molecular formula is C15H31N3O2S. The van der Waals surface area contributed by atoms with Gasteiger partial charge >= 0.3 is 0 Å². The number of piperidine rings is 1. The van der Waals surface area contributed by atoms with Crippen LogP contribution >= 0.6 is 0 Å². The summed E-state index contributed by atoms with van der Waals surface area (Å²) in [5, 5.41) is 3.39. The minimum absolute atomic E-state index is 0.0929. The quantitative estimate of drug-likeness (QED) is 0.786. The van der Waals surface area contributed by atoms with Crippen LogP contribution in [0.3, 0.4) is 0 Å². The van der Waals surface area contributed by atoms with Gasteiger partial charge < -0.3 is 5.32 Å². The number of hydrogen-bond acceptors (Lipinski definition) is 3. The lowest BCUT2D eigenvalue weighted by Crippen LogP contribution is -2.55. The Labute approximate surface area is 130 Å². The first-order valence-corrected chi connectivity index (χ1v) is 9.86. The first kappa shape index (κ1) is 17.2. The molecule has 0 aromatic rings. The molecule has 0 aromatic carbocycles. The molecule has 0 radical (unpaired) electrons. The van der Waals surface area contributed by atoms with Gasteiger partial charge in [0.25, 0.3) is 10.2 Å². The topological polar surface area (TPSA) is 61.4 Å². The fourth-order valence-electron chi connectivity index (χ4n) is 3.45. The Hall–Kier alpha value is -0.170. The van der Waals surface area contributed by atoms with Gasteiger partial charge in [0.15, 0.2) is 0 Å². The van der Waals surface area contributed by atoms with Crippen LogP contribution in [-0.4, -0.2) is 43.9 Å². The van der Waals surface area contributed by atoms with Gasteiger partial charge in [-0.05, 0) is 31.6 Å². The van der Waals surface area contributed by atoms with E-state index >= 15 is 0 Å². The van der Waals surface area contributed by atoms with E-state index in [1.54, 1.807) is 4.31 Å². The van der Waals surface area contributed by atoms with Crippen LogP contribution in [0.25, 0.3) is 0 Å². The van der Waals surface area contributed by atoms with E-state index in [4.69, 9.17) is 0 Å². The Balaban J connectivity index is 2.00. The van der Waals surface area contributed by atoms with Gasteiger partial charge in [-0.1, -0.05) is 33.6 Å². The second-order valence-corrected chi connectivity index (χ2v) is 8.62. The molecule has 3 unspecified atom stereocenters. The second-order valence-electron chi connectivity index (χ2n) is 6.96. The number of hydrogen-bond donors (Lipinski definition) is 2. The Kier molecular flexibility index (Phi) is 6.05. The molecule has 1 aliphatic heterocycles. The highest BCUT2D eigenvalue weighted by Gasteiger charge is 2.35. The molecule has 1 saturated carbocycles. The monoisotopic (exact) mass is 317 g/mol. The van der Waals surface area contributed by atoms with E-state index in [9.17, 15) is 8.42 Å². The lowest BCUT2D eigenvalue weighted by atomic mass is 10.0. The van der Waals surface area contributed by atoms with Crippen LogP contribution in [0, 0.1) is 5.92 Å². The fourth-order valence-corrected chi connectivity index (χ4v) is 5.26. The molecule has 0 bridgehead atoms. The molecule has 1 saturated heterocycles. The van der Waals surface area contributed by atoms with Crippen LogP contribution in [0.5, 0.6) is 0 Å². The van der Waals surface area contributed by atoms with E-state index in [1.165, 1.54) is 0 Å². The van der Waals surface area contributed by atoms with Crippen LogP contribution in [0.15, 0.2) is 0 Å². The highest BCUT2D eigenvalue weighted by Crippen LogP contribution is 2.27. The normalized spacial score (nSPS) is 31.9. The van der Waals surface area contributed by atoms with Crippen molar-refractivity contribution in [2.24, 2.45) is 5.92 Å². The minimum Gasteiger partial charge on any atom is -0.313 e. The predicted octanol–water partition coefficient (Wildman–Crippen LogP) is 1.86. The van der Waals surface area contributed by atoms with E-state index in [1.807, 2.05) is 0 Å². The maximum absolute atomic E-state index is 12.7. The molecule has 2 N–H and O–H groups in total. The lowest BCUT2D eigenvalue weighted by Gasteiger charge is -2.36. The van der Waals surface area contributed by atoms with Gasteiger partial charge in [0.1, 0.15) is 0 Å². The van der Waals surface area contributed by atoms with E-state index in [-0.39, 0.29) is 12.1 Å². The van der Waals surface area contributed by atoms with Crippen molar-refractivity contribution in [2.75, 3.05) is 13.1 Å². The van der Waals surface area contributed by atoms with Crippen molar-refractivity contribution in [1.82, 2.24) is 14.3 Å². The first-order valence-electron chi connectivity index (χ1n) is 8.42. The van der Waals surface area contributed by atoms with Gasteiger partial charge in [-0.3, -0.25) is 0 Å². The molecule has 124 valence electrons. The molecule has 0 amide bonds. The Morgan fingerprint density at radius 1 is 1.14 bits per heavy atom. The summed E-state index contributed by atoms with van der Waals surface area (Å²) in [7, 11) is -3.35. The Morgan fingerprint density at radius 3 is 2.52 bits per heavy atom. The summed E-state index contributed by atoms with van der Waals surface area (Å²) in [5.41, 5.74) is 0. The maximum atomic E-state index is 12.7. The fraction of sp³-hybridized carbons (Fsp3) is 1.00. The summed E-state index contributed by atoms with van der Waals surface area (Å²) in [6, 6.07) is 0.602. The summed E-state index contributed by atoms with van der Waals surface area (Å²) in [6.45, 7) is 7.74. The molecule has 2 fully saturated rings. The molecule has 0 aromatic heterocycles. The van der Waals surface area contributed by atoms with Gasteiger partial charge in [-0.2, -0.15) is 17.4 Å². The third-order valence-electron chi connectivity index (χ3n) is 4.81. The molecular weight excluding hydrogens is 286 g/mol. The van der Waals surface area contributed by atoms with Crippen LogP contribution in [-0.2, 0) is 10.2 Å². The zero-order valence-corrected chi connectivity index (χ0v) is 14.5. The van der Waals surface area contributed by atoms with Crippen molar-refractivity contribution in [1.29, 1.82) is 0 Å². The molecule has 2 aliphatic rings. The number of nitrogens with one attached hydrogen (secondary N) is 2. The van der Waals surface area contributed by atoms with E-state index < -0.39 is 10.2 Å². The van der Waals surface area contributed by atoms with Gasteiger partial charge in [0, 0.05) is 31.2 Å². The summed E-state index contributed by atoms with van der Waals surface area (Å²) in [6.07, 6.45) is 6.29. The van der Waals surface area contributed by atoms with Gasteiger partial charge in [0.05, 0.1) is 0 Å². The van der Waals surface area contributed by atoms with Crippen molar-refractivity contribution in [2.45, 2.75) is 77.4 Å². The molecule has 0 spiro atoms. The summed E-state index contributed by atoms with van der Waals surface area (Å²) in [4.78, 5) is 0. The highest BCUT2D eigenvalue weighted by molar-refractivity contribution is 7.87. The largest absolute Gasteiger partial charge is 0.313 e. The second kappa shape index (κ2) is 7.40. The number of nitrogens with zero attached hydrogens (tertiary/aromatic N) is 1. The smallest absolute Gasteiger partial charge is 0.280 e. The molecule has 1 heterocycles.